The van der Waals surface area contributed by atoms with E-state index in [1.54, 1.807) is 12.4 Å². The van der Waals surface area contributed by atoms with Crippen LogP contribution in [0.4, 0.5) is 5.82 Å². The van der Waals surface area contributed by atoms with Gasteiger partial charge in [0.1, 0.15) is 5.82 Å². The highest BCUT2D eigenvalue weighted by molar-refractivity contribution is 5.38. The SMILES string of the molecule is OCCCC1CCCN1c1cnc(CO)cn1. The molecule has 0 radical (unpaired) electrons. The number of nitrogens with zero attached hydrogens (tertiary/aromatic N) is 3. The Labute approximate surface area is 101 Å². The predicted molar refractivity (Wildman–Crippen MR) is 64.6 cm³/mol. The van der Waals surface area contributed by atoms with Gasteiger partial charge in [0.2, 0.25) is 0 Å². The second kappa shape index (κ2) is 5.93. The maximum atomic E-state index is 8.92. The molecule has 1 fully saturated rings. The average molecular weight is 237 g/mol. The van der Waals surface area contributed by atoms with Crippen LogP contribution >= 0.6 is 0 Å². The van der Waals surface area contributed by atoms with Crippen molar-refractivity contribution in [3.8, 4) is 0 Å². The Hall–Kier alpha value is -1.20. The molecule has 1 aliphatic heterocycles. The van der Waals surface area contributed by atoms with Crippen molar-refractivity contribution >= 4 is 5.82 Å². The summed E-state index contributed by atoms with van der Waals surface area (Å²) in [7, 11) is 0. The molecule has 0 aromatic carbocycles. The number of aliphatic hydroxyl groups excluding tert-OH is 2. The highest BCUT2D eigenvalue weighted by Gasteiger charge is 2.25. The van der Waals surface area contributed by atoms with Crippen LogP contribution in [0.15, 0.2) is 12.4 Å². The molecule has 1 unspecified atom stereocenters. The normalized spacial score (nSPS) is 19.9. The fourth-order valence-corrected chi connectivity index (χ4v) is 2.34. The van der Waals surface area contributed by atoms with Crippen molar-refractivity contribution in [1.82, 2.24) is 9.97 Å². The molecule has 0 bridgehead atoms. The van der Waals surface area contributed by atoms with Crippen molar-refractivity contribution in [3.63, 3.8) is 0 Å². The van der Waals surface area contributed by atoms with Gasteiger partial charge in [-0.15, -0.1) is 0 Å². The van der Waals surface area contributed by atoms with E-state index in [1.165, 1.54) is 6.42 Å². The van der Waals surface area contributed by atoms with Gasteiger partial charge in [0.15, 0.2) is 0 Å². The van der Waals surface area contributed by atoms with E-state index in [2.05, 4.69) is 14.9 Å². The maximum absolute atomic E-state index is 8.92. The first-order valence-corrected chi connectivity index (χ1v) is 6.14. The van der Waals surface area contributed by atoms with E-state index in [1.807, 2.05) is 0 Å². The number of hydrogen-bond donors (Lipinski definition) is 2. The lowest BCUT2D eigenvalue weighted by Crippen LogP contribution is -2.30. The first-order valence-electron chi connectivity index (χ1n) is 6.14. The van der Waals surface area contributed by atoms with Crippen molar-refractivity contribution in [2.24, 2.45) is 0 Å². The molecule has 1 saturated heterocycles. The van der Waals surface area contributed by atoms with Crippen LogP contribution in [0.2, 0.25) is 0 Å². The maximum Gasteiger partial charge on any atom is 0.147 e. The van der Waals surface area contributed by atoms with Crippen molar-refractivity contribution in [2.45, 2.75) is 38.3 Å². The van der Waals surface area contributed by atoms with Crippen LogP contribution in [0.5, 0.6) is 0 Å². The lowest BCUT2D eigenvalue weighted by atomic mass is 10.1. The molecule has 5 nitrogen and oxygen atoms in total. The minimum atomic E-state index is -0.0682. The Morgan fingerprint density at radius 3 is 2.82 bits per heavy atom. The molecular weight excluding hydrogens is 218 g/mol. The molecule has 1 aliphatic rings. The van der Waals surface area contributed by atoms with Crippen LogP contribution in [0, 0.1) is 0 Å². The molecule has 2 N–H and O–H groups in total. The third kappa shape index (κ3) is 2.92. The summed E-state index contributed by atoms with van der Waals surface area (Å²) in [5.74, 6) is 0.877. The zero-order chi connectivity index (χ0) is 12.1. The summed E-state index contributed by atoms with van der Waals surface area (Å²) in [5.41, 5.74) is 0.597. The molecule has 0 spiro atoms. The number of anilines is 1. The third-order valence-electron chi connectivity index (χ3n) is 3.22. The van der Waals surface area contributed by atoms with E-state index in [0.29, 0.717) is 11.7 Å². The van der Waals surface area contributed by atoms with Crippen molar-refractivity contribution in [1.29, 1.82) is 0 Å². The van der Waals surface area contributed by atoms with Crippen LogP contribution < -0.4 is 4.90 Å². The summed E-state index contributed by atoms with van der Waals surface area (Å²) in [5, 5.41) is 17.8. The van der Waals surface area contributed by atoms with Gasteiger partial charge in [-0.05, 0) is 25.7 Å². The predicted octanol–water partition coefficient (Wildman–Crippen LogP) is 0.710. The molecule has 0 amide bonds. The largest absolute Gasteiger partial charge is 0.396 e. The summed E-state index contributed by atoms with van der Waals surface area (Å²) < 4.78 is 0. The fourth-order valence-electron chi connectivity index (χ4n) is 2.34. The molecule has 1 atom stereocenters. The van der Waals surface area contributed by atoms with Crippen LogP contribution in [0.1, 0.15) is 31.4 Å². The number of hydrogen-bond acceptors (Lipinski definition) is 5. The van der Waals surface area contributed by atoms with Crippen molar-refractivity contribution in [3.05, 3.63) is 18.1 Å². The highest BCUT2D eigenvalue weighted by atomic mass is 16.3. The fraction of sp³-hybridized carbons (Fsp3) is 0.667. The van der Waals surface area contributed by atoms with Crippen LogP contribution in [-0.4, -0.2) is 39.4 Å². The Balaban J connectivity index is 2.03. The molecule has 0 aliphatic carbocycles. The molecule has 17 heavy (non-hydrogen) atoms. The Kier molecular flexibility index (Phi) is 4.28. The van der Waals surface area contributed by atoms with Crippen molar-refractivity contribution in [2.75, 3.05) is 18.1 Å². The molecule has 0 saturated carbocycles. The monoisotopic (exact) mass is 237 g/mol. The smallest absolute Gasteiger partial charge is 0.147 e. The quantitative estimate of drug-likeness (QED) is 0.789. The van der Waals surface area contributed by atoms with Gasteiger partial charge < -0.3 is 15.1 Å². The molecular formula is C12H19N3O2. The van der Waals surface area contributed by atoms with Gasteiger partial charge in [0.25, 0.3) is 0 Å². The van der Waals surface area contributed by atoms with Gasteiger partial charge in [0, 0.05) is 19.2 Å². The van der Waals surface area contributed by atoms with Crippen molar-refractivity contribution < 1.29 is 10.2 Å². The summed E-state index contributed by atoms with van der Waals surface area (Å²) in [6, 6.07) is 0.469. The first kappa shape index (κ1) is 12.3. The molecule has 1 aromatic heterocycles. The Morgan fingerprint density at radius 1 is 1.29 bits per heavy atom. The van der Waals surface area contributed by atoms with Gasteiger partial charge in [-0.3, -0.25) is 4.98 Å². The second-order valence-corrected chi connectivity index (χ2v) is 4.38. The van der Waals surface area contributed by atoms with E-state index in [4.69, 9.17) is 10.2 Å². The van der Waals surface area contributed by atoms with E-state index < -0.39 is 0 Å². The minimum absolute atomic E-state index is 0.0682. The molecule has 1 aromatic rings. The molecule has 94 valence electrons. The zero-order valence-corrected chi connectivity index (χ0v) is 9.92. The van der Waals surface area contributed by atoms with Crippen LogP contribution in [0.3, 0.4) is 0 Å². The number of aromatic nitrogens is 2. The summed E-state index contributed by atoms with van der Waals surface area (Å²) >= 11 is 0. The van der Waals surface area contributed by atoms with Gasteiger partial charge in [-0.2, -0.15) is 0 Å². The summed E-state index contributed by atoms with van der Waals surface area (Å²) in [6.45, 7) is 1.18. The number of rotatable bonds is 5. The standard InChI is InChI=1S/C12H19N3O2/c16-6-2-4-11-3-1-5-15(11)12-8-13-10(9-17)7-14-12/h7-8,11,16-17H,1-6,9H2. The number of aliphatic hydroxyl groups is 2. The Bertz CT molecular complexity index is 342. The second-order valence-electron chi connectivity index (χ2n) is 4.38. The van der Waals surface area contributed by atoms with Crippen LogP contribution in [-0.2, 0) is 6.61 Å². The van der Waals surface area contributed by atoms with Gasteiger partial charge in [0.05, 0.1) is 24.7 Å². The topological polar surface area (TPSA) is 69.5 Å². The van der Waals surface area contributed by atoms with Gasteiger partial charge in [-0.25, -0.2) is 4.98 Å². The van der Waals surface area contributed by atoms with Crippen LogP contribution in [0.25, 0.3) is 0 Å². The van der Waals surface area contributed by atoms with Gasteiger partial charge >= 0.3 is 0 Å². The Morgan fingerprint density at radius 2 is 2.18 bits per heavy atom. The molecule has 2 rings (SSSR count). The minimum Gasteiger partial charge on any atom is -0.396 e. The molecule has 5 heteroatoms. The average Bonchev–Trinajstić information content (AvgIpc) is 2.84. The van der Waals surface area contributed by atoms with Gasteiger partial charge in [-0.1, -0.05) is 0 Å². The zero-order valence-electron chi connectivity index (χ0n) is 9.92. The lowest BCUT2D eigenvalue weighted by Gasteiger charge is -2.25. The first-order chi connectivity index (χ1) is 8.35. The molecule has 2 heterocycles. The summed E-state index contributed by atoms with van der Waals surface area (Å²) in [4.78, 5) is 10.7. The lowest BCUT2D eigenvalue weighted by molar-refractivity contribution is 0.276. The van der Waals surface area contributed by atoms with E-state index in [9.17, 15) is 0 Å². The summed E-state index contributed by atoms with van der Waals surface area (Å²) in [6.07, 6.45) is 7.51. The highest BCUT2D eigenvalue weighted by Crippen LogP contribution is 2.25. The van der Waals surface area contributed by atoms with E-state index in [-0.39, 0.29) is 13.2 Å². The third-order valence-corrected chi connectivity index (χ3v) is 3.22. The van der Waals surface area contributed by atoms with E-state index in [0.717, 1.165) is 31.6 Å². The van der Waals surface area contributed by atoms with E-state index >= 15 is 0 Å².